The van der Waals surface area contributed by atoms with E-state index in [0.29, 0.717) is 5.69 Å². The van der Waals surface area contributed by atoms with Crippen LogP contribution < -0.4 is 5.32 Å². The van der Waals surface area contributed by atoms with Crippen LogP contribution in [0.2, 0.25) is 0 Å². The molecule has 124 valence electrons. The molecule has 1 amide bonds. The Bertz CT molecular complexity index is 826. The molecular weight excluding hydrogens is 310 g/mol. The SMILES string of the molecule is COC(=O)C1=C(Nc2cccc3ncccc23)C(=O)N(CCO)C1. The van der Waals surface area contributed by atoms with E-state index < -0.39 is 5.97 Å². The minimum Gasteiger partial charge on any atom is -0.466 e. The minimum absolute atomic E-state index is 0.109. The number of hydrogen-bond donors (Lipinski definition) is 2. The van der Waals surface area contributed by atoms with Crippen molar-refractivity contribution in [1.82, 2.24) is 9.88 Å². The van der Waals surface area contributed by atoms with Gasteiger partial charge < -0.3 is 20.1 Å². The van der Waals surface area contributed by atoms with Gasteiger partial charge in [-0.05, 0) is 24.3 Å². The van der Waals surface area contributed by atoms with Crippen LogP contribution in [0.25, 0.3) is 10.9 Å². The van der Waals surface area contributed by atoms with Crippen molar-refractivity contribution in [1.29, 1.82) is 0 Å². The van der Waals surface area contributed by atoms with Crippen LogP contribution in [0, 0.1) is 0 Å². The summed E-state index contributed by atoms with van der Waals surface area (Å²) in [6.07, 6.45) is 1.69. The summed E-state index contributed by atoms with van der Waals surface area (Å²) in [7, 11) is 1.27. The van der Waals surface area contributed by atoms with Gasteiger partial charge in [-0.3, -0.25) is 9.78 Å². The number of esters is 1. The number of β-amino-alcohol motifs (C(OH)–C–C–N with tert-alkyl or cyclic N) is 1. The summed E-state index contributed by atoms with van der Waals surface area (Å²) < 4.78 is 4.77. The topological polar surface area (TPSA) is 91.8 Å². The fourth-order valence-electron chi connectivity index (χ4n) is 2.70. The number of hydrogen-bond acceptors (Lipinski definition) is 6. The van der Waals surface area contributed by atoms with Gasteiger partial charge in [0.25, 0.3) is 5.91 Å². The molecule has 2 N–H and O–H groups in total. The lowest BCUT2D eigenvalue weighted by Crippen LogP contribution is -2.31. The molecule has 0 fully saturated rings. The van der Waals surface area contributed by atoms with Gasteiger partial charge in [-0.2, -0.15) is 0 Å². The van der Waals surface area contributed by atoms with Crippen LogP contribution in [0.1, 0.15) is 0 Å². The van der Waals surface area contributed by atoms with Crippen LogP contribution in [0.5, 0.6) is 0 Å². The molecule has 1 aromatic carbocycles. The van der Waals surface area contributed by atoms with E-state index in [4.69, 9.17) is 9.84 Å². The Kier molecular flexibility index (Phi) is 4.43. The molecule has 0 bridgehead atoms. The lowest BCUT2D eigenvalue weighted by atomic mass is 10.1. The molecule has 1 aliphatic rings. The lowest BCUT2D eigenvalue weighted by Gasteiger charge is -2.15. The first-order valence-corrected chi connectivity index (χ1v) is 7.48. The summed E-state index contributed by atoms with van der Waals surface area (Å²) in [6, 6.07) is 9.19. The number of benzene rings is 1. The molecule has 7 nitrogen and oxygen atoms in total. The Balaban J connectivity index is 2.01. The van der Waals surface area contributed by atoms with E-state index in [9.17, 15) is 9.59 Å². The molecular formula is C17H17N3O4. The monoisotopic (exact) mass is 327 g/mol. The quantitative estimate of drug-likeness (QED) is 0.793. The summed E-state index contributed by atoms with van der Waals surface area (Å²) in [4.78, 5) is 30.2. The van der Waals surface area contributed by atoms with Crippen molar-refractivity contribution >= 4 is 28.5 Å². The highest BCUT2D eigenvalue weighted by Gasteiger charge is 2.34. The molecule has 1 aromatic heterocycles. The first-order valence-electron chi connectivity index (χ1n) is 7.48. The van der Waals surface area contributed by atoms with Crippen molar-refractivity contribution in [2.45, 2.75) is 0 Å². The highest BCUT2D eigenvalue weighted by atomic mass is 16.5. The van der Waals surface area contributed by atoms with Gasteiger partial charge in [0.15, 0.2) is 0 Å². The standard InChI is InChI=1S/C17H17N3O4/c1-24-17(23)12-10-20(8-9-21)16(22)15(12)19-14-6-2-5-13-11(14)4-3-7-18-13/h2-7,19,21H,8-10H2,1H3. The number of nitrogens with one attached hydrogen (secondary N) is 1. The zero-order chi connectivity index (χ0) is 17.1. The van der Waals surface area contributed by atoms with Crippen LogP contribution in [0.3, 0.4) is 0 Å². The first-order chi connectivity index (χ1) is 11.7. The van der Waals surface area contributed by atoms with Crippen molar-refractivity contribution in [3.05, 3.63) is 47.8 Å². The third kappa shape index (κ3) is 2.81. The highest BCUT2D eigenvalue weighted by Crippen LogP contribution is 2.27. The normalized spacial score (nSPS) is 14.4. The second-order valence-electron chi connectivity index (χ2n) is 5.30. The number of carbonyl (C=O) groups excluding carboxylic acids is 2. The second kappa shape index (κ2) is 6.67. The molecule has 2 aromatic rings. The van der Waals surface area contributed by atoms with Gasteiger partial charge in [0.1, 0.15) is 5.70 Å². The van der Waals surface area contributed by atoms with E-state index in [1.165, 1.54) is 12.0 Å². The molecule has 0 saturated carbocycles. The summed E-state index contributed by atoms with van der Waals surface area (Å²) in [6.45, 7) is 0.0880. The molecule has 1 aliphatic heterocycles. The molecule has 0 saturated heterocycles. The highest BCUT2D eigenvalue weighted by molar-refractivity contribution is 6.09. The maximum absolute atomic E-state index is 12.5. The third-order valence-electron chi connectivity index (χ3n) is 3.86. The molecule has 3 rings (SSSR count). The van der Waals surface area contributed by atoms with E-state index >= 15 is 0 Å². The molecule has 0 spiro atoms. The average molecular weight is 327 g/mol. The van der Waals surface area contributed by atoms with E-state index in [0.717, 1.165) is 10.9 Å². The van der Waals surface area contributed by atoms with Crippen LogP contribution in [0.4, 0.5) is 5.69 Å². The number of anilines is 1. The van der Waals surface area contributed by atoms with Crippen LogP contribution in [0.15, 0.2) is 47.8 Å². The summed E-state index contributed by atoms with van der Waals surface area (Å²) >= 11 is 0. The van der Waals surface area contributed by atoms with Gasteiger partial charge in [-0.1, -0.05) is 6.07 Å². The van der Waals surface area contributed by atoms with Crippen LogP contribution >= 0.6 is 0 Å². The predicted octanol–water partition coefficient (Wildman–Crippen LogP) is 0.908. The Morgan fingerprint density at radius 1 is 1.38 bits per heavy atom. The zero-order valence-corrected chi connectivity index (χ0v) is 13.2. The fourth-order valence-corrected chi connectivity index (χ4v) is 2.70. The van der Waals surface area contributed by atoms with Crippen molar-refractivity contribution in [2.24, 2.45) is 0 Å². The number of nitrogens with zero attached hydrogens (tertiary/aromatic N) is 2. The van der Waals surface area contributed by atoms with Crippen molar-refractivity contribution < 1.29 is 19.4 Å². The molecule has 7 heteroatoms. The Labute approximate surface area is 138 Å². The summed E-state index contributed by atoms with van der Waals surface area (Å²) in [5.41, 5.74) is 1.88. The fraction of sp³-hybridized carbons (Fsp3) is 0.235. The zero-order valence-electron chi connectivity index (χ0n) is 13.2. The number of aromatic nitrogens is 1. The molecule has 0 aliphatic carbocycles. The second-order valence-corrected chi connectivity index (χ2v) is 5.30. The molecule has 0 radical (unpaired) electrons. The third-order valence-corrected chi connectivity index (χ3v) is 3.86. The van der Waals surface area contributed by atoms with Gasteiger partial charge in [0.2, 0.25) is 0 Å². The number of methoxy groups -OCH3 is 1. The number of pyridine rings is 1. The first kappa shape index (κ1) is 15.9. The smallest absolute Gasteiger partial charge is 0.337 e. The van der Waals surface area contributed by atoms with Gasteiger partial charge in [-0.15, -0.1) is 0 Å². The maximum atomic E-state index is 12.5. The van der Waals surface area contributed by atoms with Gasteiger partial charge in [-0.25, -0.2) is 4.79 Å². The number of rotatable bonds is 5. The Morgan fingerprint density at radius 3 is 2.96 bits per heavy atom. The van der Waals surface area contributed by atoms with Crippen LogP contribution in [-0.4, -0.2) is 53.7 Å². The Morgan fingerprint density at radius 2 is 2.21 bits per heavy atom. The van der Waals surface area contributed by atoms with Gasteiger partial charge >= 0.3 is 5.97 Å². The van der Waals surface area contributed by atoms with E-state index in [1.54, 1.807) is 12.3 Å². The van der Waals surface area contributed by atoms with Crippen molar-refractivity contribution in [3.63, 3.8) is 0 Å². The summed E-state index contributed by atoms with van der Waals surface area (Å²) in [5, 5.41) is 13.0. The number of ether oxygens (including phenoxy) is 1. The average Bonchev–Trinajstić information content (AvgIpc) is 2.91. The van der Waals surface area contributed by atoms with Crippen molar-refractivity contribution in [2.75, 3.05) is 32.1 Å². The lowest BCUT2D eigenvalue weighted by molar-refractivity contribution is -0.136. The van der Waals surface area contributed by atoms with Gasteiger partial charge in [0.05, 0.1) is 31.4 Å². The van der Waals surface area contributed by atoms with Gasteiger partial charge in [0, 0.05) is 23.8 Å². The Hall–Kier alpha value is -2.93. The molecule has 24 heavy (non-hydrogen) atoms. The molecule has 2 heterocycles. The largest absolute Gasteiger partial charge is 0.466 e. The maximum Gasteiger partial charge on any atom is 0.337 e. The predicted molar refractivity (Wildman–Crippen MR) is 88.1 cm³/mol. The van der Waals surface area contributed by atoms with E-state index in [-0.39, 0.29) is 36.9 Å². The summed E-state index contributed by atoms with van der Waals surface area (Å²) in [5.74, 6) is -0.907. The minimum atomic E-state index is -0.565. The number of aliphatic hydroxyl groups is 1. The van der Waals surface area contributed by atoms with Crippen LogP contribution in [-0.2, 0) is 14.3 Å². The number of aliphatic hydroxyl groups excluding tert-OH is 1. The van der Waals surface area contributed by atoms with E-state index in [1.807, 2.05) is 24.3 Å². The van der Waals surface area contributed by atoms with Crippen molar-refractivity contribution in [3.8, 4) is 0 Å². The van der Waals surface area contributed by atoms with E-state index in [2.05, 4.69) is 10.3 Å². The number of fused-ring (bicyclic) bond motifs is 1. The molecule has 0 unspecified atom stereocenters. The number of amides is 1. The molecule has 0 atom stereocenters. The number of carbonyl (C=O) groups is 2.